The van der Waals surface area contributed by atoms with E-state index in [-0.39, 0.29) is 12.1 Å². The van der Waals surface area contributed by atoms with Gasteiger partial charge in [-0.1, -0.05) is 0 Å². The Balaban J connectivity index is 1.99. The highest BCUT2D eigenvalue weighted by Gasteiger charge is 2.26. The summed E-state index contributed by atoms with van der Waals surface area (Å²) in [5.41, 5.74) is 12.9. The topological polar surface area (TPSA) is 114 Å². The van der Waals surface area contributed by atoms with Gasteiger partial charge >= 0.3 is 6.09 Å². The summed E-state index contributed by atoms with van der Waals surface area (Å²) in [6, 6.07) is 3.56. The van der Waals surface area contributed by atoms with Gasteiger partial charge in [-0.2, -0.15) is 0 Å². The molecule has 27 heavy (non-hydrogen) atoms. The average molecular weight is 377 g/mol. The average Bonchev–Trinajstić information content (AvgIpc) is 2.53. The zero-order valence-electron chi connectivity index (χ0n) is 17.0. The number of nitrogens with zero attached hydrogens (tertiary/aromatic N) is 2. The van der Waals surface area contributed by atoms with Crippen molar-refractivity contribution < 1.29 is 14.6 Å². The first-order chi connectivity index (χ1) is 12.4. The molecule has 7 nitrogen and oxygen atoms in total. The van der Waals surface area contributed by atoms with Gasteiger partial charge in [-0.15, -0.1) is 0 Å². The summed E-state index contributed by atoms with van der Waals surface area (Å²) >= 11 is 0. The minimum atomic E-state index is -1.05. The maximum atomic E-state index is 12.1. The first-order valence-corrected chi connectivity index (χ1v) is 9.30. The minimum absolute atomic E-state index is 0.123. The van der Waals surface area contributed by atoms with Crippen LogP contribution >= 0.6 is 0 Å². The van der Waals surface area contributed by atoms with Gasteiger partial charge < -0.3 is 26.2 Å². The van der Waals surface area contributed by atoms with Crippen LogP contribution in [0.4, 0.5) is 16.2 Å². The van der Waals surface area contributed by atoms with Gasteiger partial charge in [0.1, 0.15) is 5.60 Å². The minimum Gasteiger partial charge on any atom is -0.444 e. The summed E-state index contributed by atoms with van der Waals surface area (Å²) in [6.07, 6.45) is 3.00. The Morgan fingerprint density at radius 2 is 1.78 bits per heavy atom. The van der Waals surface area contributed by atoms with Crippen LogP contribution in [0.3, 0.4) is 0 Å². The molecule has 1 aromatic rings. The van der Waals surface area contributed by atoms with Gasteiger partial charge in [0.15, 0.2) is 0 Å². The van der Waals surface area contributed by atoms with Crippen LogP contribution in [-0.2, 0) is 10.3 Å². The van der Waals surface area contributed by atoms with E-state index in [1.165, 1.54) is 0 Å². The molecule has 1 aromatic carbocycles. The third-order valence-electron chi connectivity index (χ3n) is 4.45. The normalized spacial score (nSPS) is 16.7. The summed E-state index contributed by atoms with van der Waals surface area (Å²) in [7, 11) is 0. The molecule has 5 N–H and O–H groups in total. The number of likely N-dealkylation sites (tertiary alicyclic amines) is 1. The number of carbonyl (C=O) groups is 1. The molecule has 0 aromatic heterocycles. The van der Waals surface area contributed by atoms with Gasteiger partial charge in [-0.05, 0) is 59.6 Å². The number of nitrogen functional groups attached to an aromatic ring is 2. The number of aliphatic imine (C=N–C) groups is 1. The lowest BCUT2D eigenvalue weighted by Crippen LogP contribution is -2.42. The number of piperidine rings is 1. The fourth-order valence-corrected chi connectivity index (χ4v) is 3.00. The van der Waals surface area contributed by atoms with E-state index in [0.29, 0.717) is 30.0 Å². The molecule has 1 fully saturated rings. The Kier molecular flexibility index (Phi) is 6.04. The number of aliphatic hydroxyl groups is 1. The van der Waals surface area contributed by atoms with E-state index in [0.717, 1.165) is 18.4 Å². The molecule has 0 unspecified atom stereocenters. The molecule has 7 heteroatoms. The Morgan fingerprint density at radius 3 is 2.30 bits per heavy atom. The van der Waals surface area contributed by atoms with Crippen molar-refractivity contribution in [2.45, 2.75) is 64.7 Å². The molecule has 1 aliphatic heterocycles. The van der Waals surface area contributed by atoms with E-state index in [1.807, 2.05) is 20.8 Å². The first kappa shape index (κ1) is 21.0. The number of nitrogens with two attached hydrogens (primary N) is 2. The van der Waals surface area contributed by atoms with Crippen LogP contribution in [-0.4, -0.2) is 47.0 Å². The zero-order valence-corrected chi connectivity index (χ0v) is 17.0. The van der Waals surface area contributed by atoms with Crippen molar-refractivity contribution in [3.05, 3.63) is 23.3 Å². The molecular formula is C20H32N4O3. The molecule has 1 saturated heterocycles. The van der Waals surface area contributed by atoms with Crippen LogP contribution in [0.25, 0.3) is 0 Å². The zero-order chi connectivity index (χ0) is 20.4. The van der Waals surface area contributed by atoms with Crippen molar-refractivity contribution in [1.29, 1.82) is 0 Å². The lowest BCUT2D eigenvalue weighted by atomic mass is 9.94. The molecule has 0 bridgehead atoms. The van der Waals surface area contributed by atoms with Crippen molar-refractivity contribution >= 4 is 23.7 Å². The number of hydrogen-bond acceptors (Lipinski definition) is 6. The fraction of sp³-hybridized carbons (Fsp3) is 0.600. The van der Waals surface area contributed by atoms with E-state index in [9.17, 15) is 9.90 Å². The highest BCUT2D eigenvalue weighted by atomic mass is 16.6. The van der Waals surface area contributed by atoms with Crippen LogP contribution in [0.15, 0.2) is 17.1 Å². The second-order valence-electron chi connectivity index (χ2n) is 8.60. The highest BCUT2D eigenvalue weighted by Crippen LogP contribution is 2.29. The summed E-state index contributed by atoms with van der Waals surface area (Å²) in [4.78, 5) is 18.4. The molecule has 0 spiro atoms. The van der Waals surface area contributed by atoms with Gasteiger partial charge in [0.05, 0.1) is 11.6 Å². The lowest BCUT2D eigenvalue weighted by molar-refractivity contribution is 0.0207. The standard InChI is InChI=1S/C20H32N4O3/c1-19(2,3)27-18(25)24-8-6-14(7-9-24)23-12-13-10-17(22)15(11-16(13)21)20(4,5)26/h10-12,14,26H,6-9,21-22H2,1-5H3. The van der Waals surface area contributed by atoms with E-state index < -0.39 is 11.2 Å². The quantitative estimate of drug-likeness (QED) is 0.554. The smallest absolute Gasteiger partial charge is 0.410 e. The molecule has 2 rings (SSSR count). The largest absolute Gasteiger partial charge is 0.444 e. The summed E-state index contributed by atoms with van der Waals surface area (Å²) in [6.45, 7) is 10.2. The van der Waals surface area contributed by atoms with Gasteiger partial charge in [0.2, 0.25) is 0 Å². The molecule has 1 amide bonds. The van der Waals surface area contributed by atoms with Crippen LogP contribution < -0.4 is 11.5 Å². The second-order valence-corrected chi connectivity index (χ2v) is 8.60. The summed E-state index contributed by atoms with van der Waals surface area (Å²) in [5.74, 6) is 0. The predicted molar refractivity (Wildman–Crippen MR) is 109 cm³/mol. The van der Waals surface area contributed by atoms with Gasteiger partial charge in [0, 0.05) is 41.8 Å². The van der Waals surface area contributed by atoms with Crippen molar-refractivity contribution in [1.82, 2.24) is 4.90 Å². The first-order valence-electron chi connectivity index (χ1n) is 9.30. The Hall–Kier alpha value is -2.28. The van der Waals surface area contributed by atoms with Crippen LogP contribution in [0, 0.1) is 0 Å². The molecule has 1 heterocycles. The lowest BCUT2D eigenvalue weighted by Gasteiger charge is -2.32. The SMILES string of the molecule is CC(C)(C)OC(=O)N1CCC(N=Cc2cc(N)c(C(C)(C)O)cc2N)CC1. The molecule has 0 atom stereocenters. The van der Waals surface area contributed by atoms with Crippen molar-refractivity contribution in [3.63, 3.8) is 0 Å². The molecule has 0 aliphatic carbocycles. The van der Waals surface area contributed by atoms with Crippen molar-refractivity contribution in [3.8, 4) is 0 Å². The van der Waals surface area contributed by atoms with E-state index in [1.54, 1.807) is 37.1 Å². The molecule has 150 valence electrons. The number of ether oxygens (including phenoxy) is 1. The number of hydrogen-bond donors (Lipinski definition) is 3. The second kappa shape index (κ2) is 7.76. The van der Waals surface area contributed by atoms with Crippen LogP contribution in [0.2, 0.25) is 0 Å². The fourth-order valence-electron chi connectivity index (χ4n) is 3.00. The van der Waals surface area contributed by atoms with E-state index in [2.05, 4.69) is 4.99 Å². The highest BCUT2D eigenvalue weighted by molar-refractivity contribution is 5.89. The number of carbonyl (C=O) groups excluding carboxylic acids is 1. The maximum absolute atomic E-state index is 12.1. The van der Waals surface area contributed by atoms with Gasteiger partial charge in [0.25, 0.3) is 0 Å². The Labute approximate surface area is 161 Å². The number of rotatable bonds is 3. The van der Waals surface area contributed by atoms with Gasteiger partial charge in [-0.25, -0.2) is 4.79 Å². The third kappa shape index (κ3) is 5.85. The van der Waals surface area contributed by atoms with Gasteiger partial charge in [-0.3, -0.25) is 4.99 Å². The molecule has 1 aliphatic rings. The number of benzene rings is 1. The van der Waals surface area contributed by atoms with E-state index >= 15 is 0 Å². The van der Waals surface area contributed by atoms with E-state index in [4.69, 9.17) is 16.2 Å². The van der Waals surface area contributed by atoms with Crippen molar-refractivity contribution in [2.75, 3.05) is 24.6 Å². The Morgan fingerprint density at radius 1 is 1.19 bits per heavy atom. The predicted octanol–water partition coefficient (Wildman–Crippen LogP) is 2.90. The molecular weight excluding hydrogens is 344 g/mol. The Bertz CT molecular complexity index is 709. The maximum Gasteiger partial charge on any atom is 0.410 e. The van der Waals surface area contributed by atoms with Crippen molar-refractivity contribution in [2.24, 2.45) is 4.99 Å². The monoisotopic (exact) mass is 376 g/mol. The van der Waals surface area contributed by atoms with Crippen LogP contribution in [0.1, 0.15) is 58.6 Å². The molecule has 0 radical (unpaired) electrons. The van der Waals surface area contributed by atoms with Crippen LogP contribution in [0.5, 0.6) is 0 Å². The third-order valence-corrected chi connectivity index (χ3v) is 4.45. The molecule has 0 saturated carbocycles. The number of amides is 1. The number of anilines is 2. The summed E-state index contributed by atoms with van der Waals surface area (Å²) in [5, 5.41) is 10.1. The summed E-state index contributed by atoms with van der Waals surface area (Å²) < 4.78 is 5.41.